The highest BCUT2D eigenvalue weighted by Gasteiger charge is 2.12. The van der Waals surface area contributed by atoms with Crippen LogP contribution in [0.1, 0.15) is 35.3 Å². The first-order valence-electron chi connectivity index (χ1n) is 5.83. The summed E-state index contributed by atoms with van der Waals surface area (Å²) < 4.78 is 0. The van der Waals surface area contributed by atoms with E-state index in [0.29, 0.717) is 12.5 Å². The lowest BCUT2D eigenvalue weighted by atomic mass is 10.2. The molecule has 90 valence electrons. The summed E-state index contributed by atoms with van der Waals surface area (Å²) in [6.07, 6.45) is 1.01. The lowest BCUT2D eigenvalue weighted by molar-refractivity contribution is 0.0944. The van der Waals surface area contributed by atoms with Gasteiger partial charge in [0, 0.05) is 11.4 Å². The predicted molar refractivity (Wildman–Crippen MR) is 70.4 cm³/mol. The topological polar surface area (TPSA) is 20.3 Å². The van der Waals surface area contributed by atoms with E-state index in [0.717, 1.165) is 17.8 Å². The Morgan fingerprint density at radius 2 is 2.12 bits per heavy atom. The quantitative estimate of drug-likeness (QED) is 0.711. The molecule has 0 unspecified atom stereocenters. The minimum absolute atomic E-state index is 0.243. The molecule has 0 radical (unpaired) electrons. The van der Waals surface area contributed by atoms with Crippen LogP contribution in [0.5, 0.6) is 0 Å². The molecule has 1 aromatic rings. The van der Waals surface area contributed by atoms with Gasteiger partial charge in [-0.3, -0.25) is 9.69 Å². The van der Waals surface area contributed by atoms with Gasteiger partial charge in [0.1, 0.15) is 0 Å². The van der Waals surface area contributed by atoms with Crippen LogP contribution in [-0.2, 0) is 6.42 Å². The molecule has 0 aromatic carbocycles. The van der Waals surface area contributed by atoms with Crippen molar-refractivity contribution in [2.75, 3.05) is 20.1 Å². The minimum atomic E-state index is 0.243. The highest BCUT2D eigenvalue weighted by Crippen LogP contribution is 2.17. The van der Waals surface area contributed by atoms with Crippen LogP contribution in [0.15, 0.2) is 12.1 Å². The number of aryl methyl sites for hydroxylation is 1. The number of nitrogens with zero attached hydrogens (tertiary/aromatic N) is 1. The van der Waals surface area contributed by atoms with Crippen molar-refractivity contribution in [1.29, 1.82) is 0 Å². The van der Waals surface area contributed by atoms with Gasteiger partial charge >= 0.3 is 0 Å². The van der Waals surface area contributed by atoms with Gasteiger partial charge in [-0.25, -0.2) is 0 Å². The molecule has 0 fully saturated rings. The van der Waals surface area contributed by atoms with Crippen LogP contribution >= 0.6 is 11.3 Å². The smallest absolute Gasteiger partial charge is 0.186 e. The molecule has 2 nitrogen and oxygen atoms in total. The first-order chi connectivity index (χ1) is 7.52. The third-order valence-corrected chi connectivity index (χ3v) is 3.65. The lowest BCUT2D eigenvalue weighted by Gasteiger charge is -2.17. The Labute approximate surface area is 102 Å². The summed E-state index contributed by atoms with van der Waals surface area (Å²) in [5, 5.41) is 0. The zero-order valence-electron chi connectivity index (χ0n) is 10.6. The molecule has 1 rings (SSSR count). The van der Waals surface area contributed by atoms with Crippen molar-refractivity contribution in [1.82, 2.24) is 4.90 Å². The molecule has 0 bridgehead atoms. The Kier molecular flexibility index (Phi) is 5.16. The summed E-state index contributed by atoms with van der Waals surface area (Å²) in [6.45, 7) is 7.95. The van der Waals surface area contributed by atoms with E-state index in [-0.39, 0.29) is 5.78 Å². The zero-order chi connectivity index (χ0) is 12.1. The number of Topliss-reactive ketones (excluding diaryl/α,β-unsaturated/α-hetero) is 1. The average Bonchev–Trinajstić information content (AvgIpc) is 2.64. The van der Waals surface area contributed by atoms with Crippen molar-refractivity contribution in [2.24, 2.45) is 5.92 Å². The highest BCUT2D eigenvalue weighted by molar-refractivity contribution is 7.14. The molecule has 0 N–H and O–H groups in total. The van der Waals surface area contributed by atoms with Gasteiger partial charge in [-0.15, -0.1) is 11.3 Å². The van der Waals surface area contributed by atoms with Crippen molar-refractivity contribution >= 4 is 17.1 Å². The van der Waals surface area contributed by atoms with Crippen molar-refractivity contribution in [3.05, 3.63) is 21.9 Å². The highest BCUT2D eigenvalue weighted by atomic mass is 32.1. The van der Waals surface area contributed by atoms with Gasteiger partial charge in [0.25, 0.3) is 0 Å². The molecule has 1 aromatic heterocycles. The van der Waals surface area contributed by atoms with E-state index < -0.39 is 0 Å². The fourth-order valence-electron chi connectivity index (χ4n) is 1.73. The van der Waals surface area contributed by atoms with E-state index in [4.69, 9.17) is 0 Å². The van der Waals surface area contributed by atoms with Crippen molar-refractivity contribution < 1.29 is 4.79 Å². The number of hydrogen-bond acceptors (Lipinski definition) is 3. The van der Waals surface area contributed by atoms with Crippen LogP contribution in [0.3, 0.4) is 0 Å². The van der Waals surface area contributed by atoms with Crippen LogP contribution < -0.4 is 0 Å². The average molecular weight is 239 g/mol. The molecule has 3 heteroatoms. The summed E-state index contributed by atoms with van der Waals surface area (Å²) in [5.41, 5.74) is 0. The Morgan fingerprint density at radius 1 is 1.44 bits per heavy atom. The van der Waals surface area contributed by atoms with E-state index in [1.54, 1.807) is 11.3 Å². The Balaban J connectivity index is 2.51. The van der Waals surface area contributed by atoms with Crippen LogP contribution in [0.25, 0.3) is 0 Å². The number of ketones is 1. The summed E-state index contributed by atoms with van der Waals surface area (Å²) in [6, 6.07) is 4.01. The first-order valence-corrected chi connectivity index (χ1v) is 6.65. The normalized spacial score (nSPS) is 11.4. The largest absolute Gasteiger partial charge is 0.299 e. The lowest BCUT2D eigenvalue weighted by Crippen LogP contribution is -2.29. The molecule has 0 aliphatic carbocycles. The molecule has 0 aliphatic rings. The molecular weight excluding hydrogens is 218 g/mol. The third kappa shape index (κ3) is 4.06. The second-order valence-electron chi connectivity index (χ2n) is 4.63. The van der Waals surface area contributed by atoms with Crippen molar-refractivity contribution in [3.8, 4) is 0 Å². The van der Waals surface area contributed by atoms with Crippen LogP contribution in [0, 0.1) is 5.92 Å². The van der Waals surface area contributed by atoms with Gasteiger partial charge in [-0.05, 0) is 31.5 Å². The van der Waals surface area contributed by atoms with Crippen LogP contribution in [0.2, 0.25) is 0 Å². The number of carbonyl (C=O) groups is 1. The molecule has 0 spiro atoms. The molecule has 0 saturated heterocycles. The number of likely N-dealkylation sites (N-methyl/N-ethyl adjacent to an activating group) is 1. The van der Waals surface area contributed by atoms with Gasteiger partial charge in [-0.1, -0.05) is 20.8 Å². The first kappa shape index (κ1) is 13.4. The molecule has 0 atom stereocenters. The molecule has 0 saturated carbocycles. The summed E-state index contributed by atoms with van der Waals surface area (Å²) in [4.78, 5) is 16.2. The van der Waals surface area contributed by atoms with Crippen molar-refractivity contribution in [3.63, 3.8) is 0 Å². The maximum absolute atomic E-state index is 11.9. The molecule has 16 heavy (non-hydrogen) atoms. The number of hydrogen-bond donors (Lipinski definition) is 0. The zero-order valence-corrected chi connectivity index (χ0v) is 11.4. The Morgan fingerprint density at radius 3 is 2.62 bits per heavy atom. The molecular formula is C13H21NOS. The second-order valence-corrected chi connectivity index (χ2v) is 5.80. The number of rotatable bonds is 6. The predicted octanol–water partition coefficient (Wildman–Crippen LogP) is 3.08. The van der Waals surface area contributed by atoms with Gasteiger partial charge in [-0.2, -0.15) is 0 Å². The third-order valence-electron chi connectivity index (χ3n) is 2.38. The summed E-state index contributed by atoms with van der Waals surface area (Å²) in [5.74, 6) is 0.847. The summed E-state index contributed by atoms with van der Waals surface area (Å²) in [7, 11) is 2.01. The molecule has 0 aliphatic heterocycles. The van der Waals surface area contributed by atoms with Crippen LogP contribution in [-0.4, -0.2) is 30.8 Å². The minimum Gasteiger partial charge on any atom is -0.299 e. The van der Waals surface area contributed by atoms with E-state index in [1.165, 1.54) is 4.88 Å². The number of carbonyl (C=O) groups excluding carboxylic acids is 1. The molecule has 1 heterocycles. The Bertz CT molecular complexity index is 343. The number of thiophene rings is 1. The second kappa shape index (κ2) is 6.16. The van der Waals surface area contributed by atoms with E-state index >= 15 is 0 Å². The van der Waals surface area contributed by atoms with E-state index in [9.17, 15) is 4.79 Å². The summed E-state index contributed by atoms with van der Waals surface area (Å²) >= 11 is 1.63. The monoisotopic (exact) mass is 239 g/mol. The van der Waals surface area contributed by atoms with E-state index in [2.05, 4.69) is 31.7 Å². The van der Waals surface area contributed by atoms with E-state index in [1.807, 2.05) is 13.1 Å². The van der Waals surface area contributed by atoms with Crippen LogP contribution in [0.4, 0.5) is 0 Å². The maximum Gasteiger partial charge on any atom is 0.186 e. The standard InChI is InChI=1S/C13H21NOS/c1-5-11-6-7-13(16-11)12(15)9-14(4)8-10(2)3/h6-7,10H,5,8-9H2,1-4H3. The fourth-order valence-corrected chi connectivity index (χ4v) is 2.61. The van der Waals surface area contributed by atoms with Gasteiger partial charge in [0.2, 0.25) is 0 Å². The SMILES string of the molecule is CCc1ccc(C(=O)CN(C)CC(C)C)s1. The van der Waals surface area contributed by atoms with Gasteiger partial charge in [0.05, 0.1) is 11.4 Å². The van der Waals surface area contributed by atoms with Crippen molar-refractivity contribution in [2.45, 2.75) is 27.2 Å². The maximum atomic E-state index is 11.9. The molecule has 0 amide bonds. The van der Waals surface area contributed by atoms with Gasteiger partial charge in [0.15, 0.2) is 5.78 Å². The Hall–Kier alpha value is -0.670. The van der Waals surface area contributed by atoms with Gasteiger partial charge < -0.3 is 0 Å². The fraction of sp³-hybridized carbons (Fsp3) is 0.615.